The van der Waals surface area contributed by atoms with Gasteiger partial charge in [0.2, 0.25) is 0 Å². The quantitative estimate of drug-likeness (QED) is 0.889. The first-order valence-electron chi connectivity index (χ1n) is 7.73. The van der Waals surface area contributed by atoms with Crippen molar-refractivity contribution in [3.63, 3.8) is 0 Å². The fraction of sp³-hybridized carbons (Fsp3) is 0.588. The molecule has 0 aliphatic carbocycles. The van der Waals surface area contributed by atoms with Gasteiger partial charge in [0.15, 0.2) is 0 Å². The van der Waals surface area contributed by atoms with Crippen molar-refractivity contribution in [2.45, 2.75) is 45.6 Å². The molecule has 1 N–H and O–H groups in total. The van der Waals surface area contributed by atoms with Crippen LogP contribution in [-0.4, -0.2) is 29.1 Å². The lowest BCUT2D eigenvalue weighted by Gasteiger charge is -2.20. The van der Waals surface area contributed by atoms with Crippen LogP contribution in [0.25, 0.3) is 0 Å². The molecule has 0 radical (unpaired) electrons. The van der Waals surface area contributed by atoms with Crippen molar-refractivity contribution in [3.8, 4) is 0 Å². The molecule has 0 aromatic heterocycles. The van der Waals surface area contributed by atoms with E-state index in [1.165, 1.54) is 50.8 Å². The van der Waals surface area contributed by atoms with E-state index in [4.69, 9.17) is 5.11 Å². The number of nitrogens with zero attached hydrogens (tertiary/aromatic N) is 1. The monoisotopic (exact) mass is 275 g/mol. The molecule has 0 saturated carbocycles. The van der Waals surface area contributed by atoms with Crippen LogP contribution in [0.2, 0.25) is 0 Å². The van der Waals surface area contributed by atoms with Crippen LogP contribution in [0.5, 0.6) is 0 Å². The van der Waals surface area contributed by atoms with E-state index in [1.54, 1.807) is 12.1 Å². The number of rotatable bonds is 5. The van der Waals surface area contributed by atoms with E-state index in [9.17, 15) is 4.79 Å². The zero-order valence-electron chi connectivity index (χ0n) is 12.3. The molecule has 1 aromatic carbocycles. The average Bonchev–Trinajstić information content (AvgIpc) is 2.66. The van der Waals surface area contributed by atoms with Gasteiger partial charge in [-0.15, -0.1) is 0 Å². The molecule has 20 heavy (non-hydrogen) atoms. The molecular formula is C17H25NO2. The normalized spacial score (nSPS) is 20.6. The Morgan fingerprint density at radius 2 is 2.00 bits per heavy atom. The van der Waals surface area contributed by atoms with Crippen LogP contribution in [0.4, 0.5) is 0 Å². The van der Waals surface area contributed by atoms with Crippen LogP contribution in [0.1, 0.15) is 54.9 Å². The maximum Gasteiger partial charge on any atom is 0.335 e. The van der Waals surface area contributed by atoms with Crippen molar-refractivity contribution >= 4 is 5.97 Å². The Morgan fingerprint density at radius 3 is 2.65 bits per heavy atom. The summed E-state index contributed by atoms with van der Waals surface area (Å²) in [6, 6.07) is 7.29. The highest BCUT2D eigenvalue weighted by Crippen LogP contribution is 2.22. The predicted octanol–water partition coefficient (Wildman–Crippen LogP) is 3.79. The lowest BCUT2D eigenvalue weighted by atomic mass is 9.96. The molecule has 110 valence electrons. The Balaban J connectivity index is 1.88. The Bertz CT molecular complexity index is 427. The molecule has 3 heteroatoms. The summed E-state index contributed by atoms with van der Waals surface area (Å²) in [6.07, 6.45) is 6.61. The van der Waals surface area contributed by atoms with Gasteiger partial charge in [0.25, 0.3) is 0 Å². The van der Waals surface area contributed by atoms with Gasteiger partial charge in [-0.3, -0.25) is 4.90 Å². The molecule has 1 heterocycles. The zero-order valence-corrected chi connectivity index (χ0v) is 12.3. The highest BCUT2D eigenvalue weighted by atomic mass is 16.4. The maximum absolute atomic E-state index is 10.8. The van der Waals surface area contributed by atoms with Gasteiger partial charge in [-0.25, -0.2) is 4.79 Å². The summed E-state index contributed by atoms with van der Waals surface area (Å²) in [5.74, 6) is 0.0492. The molecule has 0 spiro atoms. The van der Waals surface area contributed by atoms with Gasteiger partial charge in [0, 0.05) is 6.54 Å². The number of carboxylic acid groups (broad SMARTS) is 1. The highest BCUT2D eigenvalue weighted by Gasteiger charge is 2.16. The third kappa shape index (κ3) is 4.34. The first kappa shape index (κ1) is 15.0. The third-order valence-electron chi connectivity index (χ3n) is 4.24. The van der Waals surface area contributed by atoms with E-state index < -0.39 is 5.97 Å². The van der Waals surface area contributed by atoms with Gasteiger partial charge in [-0.1, -0.05) is 31.9 Å². The van der Waals surface area contributed by atoms with Crippen molar-refractivity contribution in [2.24, 2.45) is 5.92 Å². The second-order valence-corrected chi connectivity index (χ2v) is 5.86. The number of likely N-dealkylation sites (tertiary alicyclic amines) is 1. The van der Waals surface area contributed by atoms with Crippen LogP contribution in [0.3, 0.4) is 0 Å². The molecule has 1 saturated heterocycles. The topological polar surface area (TPSA) is 40.5 Å². The summed E-state index contributed by atoms with van der Waals surface area (Å²) in [7, 11) is 0. The summed E-state index contributed by atoms with van der Waals surface area (Å²) in [5, 5.41) is 8.90. The SMILES string of the molecule is CCCC1CCCN(Cc2ccc(C(=O)O)cc2)CC1. The lowest BCUT2D eigenvalue weighted by Crippen LogP contribution is -2.24. The van der Waals surface area contributed by atoms with Crippen molar-refractivity contribution < 1.29 is 9.90 Å². The van der Waals surface area contributed by atoms with Crippen molar-refractivity contribution in [2.75, 3.05) is 13.1 Å². The molecule has 1 aromatic rings. The minimum atomic E-state index is -0.853. The van der Waals surface area contributed by atoms with Gasteiger partial charge < -0.3 is 5.11 Å². The molecule has 2 rings (SSSR count). The lowest BCUT2D eigenvalue weighted by molar-refractivity contribution is 0.0697. The van der Waals surface area contributed by atoms with E-state index in [0.717, 1.165) is 12.5 Å². The molecule has 1 aliphatic heterocycles. The summed E-state index contributed by atoms with van der Waals surface area (Å²) >= 11 is 0. The highest BCUT2D eigenvalue weighted by molar-refractivity contribution is 5.87. The van der Waals surface area contributed by atoms with Crippen molar-refractivity contribution in [1.29, 1.82) is 0 Å². The Hall–Kier alpha value is -1.35. The number of aromatic carboxylic acids is 1. The first-order valence-corrected chi connectivity index (χ1v) is 7.73. The van der Waals surface area contributed by atoms with Gasteiger partial charge in [-0.05, 0) is 56.0 Å². The molecule has 1 atom stereocenters. The largest absolute Gasteiger partial charge is 0.478 e. The summed E-state index contributed by atoms with van der Waals surface area (Å²) in [6.45, 7) is 5.55. The number of carboxylic acids is 1. The van der Waals surface area contributed by atoms with Gasteiger partial charge >= 0.3 is 5.97 Å². The number of hydrogen-bond acceptors (Lipinski definition) is 2. The van der Waals surface area contributed by atoms with E-state index in [1.807, 2.05) is 12.1 Å². The van der Waals surface area contributed by atoms with Gasteiger partial charge in [0.1, 0.15) is 0 Å². The summed E-state index contributed by atoms with van der Waals surface area (Å²) < 4.78 is 0. The minimum absolute atomic E-state index is 0.368. The Kier molecular flexibility index (Phi) is 5.60. The van der Waals surface area contributed by atoms with E-state index in [0.29, 0.717) is 5.56 Å². The summed E-state index contributed by atoms with van der Waals surface area (Å²) in [4.78, 5) is 13.3. The minimum Gasteiger partial charge on any atom is -0.478 e. The van der Waals surface area contributed by atoms with Crippen molar-refractivity contribution in [3.05, 3.63) is 35.4 Å². The molecule has 0 bridgehead atoms. The second kappa shape index (κ2) is 7.44. The molecule has 3 nitrogen and oxygen atoms in total. The van der Waals surface area contributed by atoms with E-state index in [2.05, 4.69) is 11.8 Å². The molecule has 1 fully saturated rings. The molecule has 0 amide bonds. The van der Waals surface area contributed by atoms with Crippen LogP contribution in [0, 0.1) is 5.92 Å². The maximum atomic E-state index is 10.8. The van der Waals surface area contributed by atoms with Gasteiger partial charge in [-0.2, -0.15) is 0 Å². The standard InChI is InChI=1S/C17H25NO2/c1-2-4-14-5-3-11-18(12-10-14)13-15-6-8-16(9-7-15)17(19)20/h6-9,14H,2-5,10-13H2,1H3,(H,19,20). The number of carbonyl (C=O) groups is 1. The average molecular weight is 275 g/mol. The predicted molar refractivity (Wildman–Crippen MR) is 80.9 cm³/mol. The van der Waals surface area contributed by atoms with Gasteiger partial charge in [0.05, 0.1) is 5.56 Å². The zero-order chi connectivity index (χ0) is 14.4. The Morgan fingerprint density at radius 1 is 1.25 bits per heavy atom. The molecular weight excluding hydrogens is 250 g/mol. The van der Waals surface area contributed by atoms with E-state index in [-0.39, 0.29) is 0 Å². The number of benzene rings is 1. The second-order valence-electron chi connectivity index (χ2n) is 5.86. The van der Waals surface area contributed by atoms with Crippen LogP contribution in [-0.2, 0) is 6.54 Å². The van der Waals surface area contributed by atoms with E-state index >= 15 is 0 Å². The fourth-order valence-corrected chi connectivity index (χ4v) is 3.09. The van der Waals surface area contributed by atoms with Crippen LogP contribution >= 0.6 is 0 Å². The molecule has 1 aliphatic rings. The first-order chi connectivity index (χ1) is 9.69. The third-order valence-corrected chi connectivity index (χ3v) is 4.24. The number of hydrogen-bond donors (Lipinski definition) is 1. The smallest absolute Gasteiger partial charge is 0.335 e. The van der Waals surface area contributed by atoms with Crippen LogP contribution in [0.15, 0.2) is 24.3 Å². The molecule has 1 unspecified atom stereocenters. The Labute approximate surface area is 121 Å². The summed E-state index contributed by atoms with van der Waals surface area (Å²) in [5.41, 5.74) is 1.58. The van der Waals surface area contributed by atoms with Crippen molar-refractivity contribution in [1.82, 2.24) is 4.90 Å². The fourth-order valence-electron chi connectivity index (χ4n) is 3.09. The van der Waals surface area contributed by atoms with Crippen LogP contribution < -0.4 is 0 Å².